The molecule has 16 heteroatoms. The fourth-order valence-electron chi connectivity index (χ4n) is 5.49. The van der Waals surface area contributed by atoms with Crippen molar-refractivity contribution in [3.05, 3.63) is 82.4 Å². The van der Waals surface area contributed by atoms with E-state index in [2.05, 4.69) is 35.9 Å². The lowest BCUT2D eigenvalue weighted by atomic mass is 9.89. The number of carbonyl (C=O) groups excluding carboxylic acids is 2. The molecule has 12 nitrogen and oxygen atoms in total. The molecule has 51 heavy (non-hydrogen) atoms. The van der Waals surface area contributed by atoms with Crippen molar-refractivity contribution in [3.8, 4) is 23.0 Å². The highest BCUT2D eigenvalue weighted by Crippen LogP contribution is 2.37. The summed E-state index contributed by atoms with van der Waals surface area (Å²) in [6.45, 7) is 0.958. The van der Waals surface area contributed by atoms with Gasteiger partial charge in [0.2, 0.25) is 0 Å². The van der Waals surface area contributed by atoms with Gasteiger partial charge in [0, 0.05) is 69.4 Å². The Bertz CT molecular complexity index is 2190. The van der Waals surface area contributed by atoms with Crippen LogP contribution in [0.5, 0.6) is 23.0 Å². The summed E-state index contributed by atoms with van der Waals surface area (Å²) in [5, 5.41) is 10.9. The zero-order valence-electron chi connectivity index (χ0n) is 27.7. The maximum atomic E-state index is 11.8. The van der Waals surface area contributed by atoms with Gasteiger partial charge >= 0.3 is 0 Å². The SMILES string of the molecule is CNC(=O)c1cc(Oc2cc(Cl)c3nc(N)sc3c2)ccn1.CNC(=O)c1cc(Oc2cc(Cl)c3nc(NCC4CCCCC4)sc3c2)ccn1. The van der Waals surface area contributed by atoms with Gasteiger partial charge in [-0.3, -0.25) is 19.6 Å². The van der Waals surface area contributed by atoms with E-state index in [0.29, 0.717) is 49.4 Å². The molecule has 2 aromatic carbocycles. The summed E-state index contributed by atoms with van der Waals surface area (Å²) in [7, 11) is 3.11. The summed E-state index contributed by atoms with van der Waals surface area (Å²) in [6, 6.07) is 13.6. The monoisotopic (exact) mass is 764 g/mol. The molecule has 0 aliphatic heterocycles. The van der Waals surface area contributed by atoms with E-state index in [4.69, 9.17) is 38.4 Å². The summed E-state index contributed by atoms with van der Waals surface area (Å²) in [5.41, 5.74) is 7.68. The molecule has 0 radical (unpaired) electrons. The van der Waals surface area contributed by atoms with Crippen molar-refractivity contribution in [1.29, 1.82) is 0 Å². The number of amides is 2. The lowest BCUT2D eigenvalue weighted by Gasteiger charge is -2.21. The first-order valence-corrected chi connectivity index (χ1v) is 18.5. The Kier molecular flexibility index (Phi) is 11.7. The smallest absolute Gasteiger partial charge is 0.269 e. The van der Waals surface area contributed by atoms with E-state index < -0.39 is 0 Å². The number of fused-ring (bicyclic) bond motifs is 2. The highest BCUT2D eigenvalue weighted by atomic mass is 35.5. The number of halogens is 2. The average molecular weight is 766 g/mol. The van der Waals surface area contributed by atoms with Gasteiger partial charge in [-0.25, -0.2) is 9.97 Å². The fourth-order valence-corrected chi connectivity index (χ4v) is 7.82. The molecule has 0 bridgehead atoms. The molecule has 4 aromatic heterocycles. The number of hydrogen-bond acceptors (Lipinski definition) is 12. The number of nitrogen functional groups attached to an aromatic ring is 1. The number of nitrogens with one attached hydrogen (secondary N) is 3. The van der Waals surface area contributed by atoms with Gasteiger partial charge in [-0.15, -0.1) is 0 Å². The minimum absolute atomic E-state index is 0.264. The molecule has 4 heterocycles. The van der Waals surface area contributed by atoms with E-state index in [-0.39, 0.29) is 17.5 Å². The number of thiazole rings is 2. The molecule has 1 aliphatic rings. The third kappa shape index (κ3) is 9.13. The highest BCUT2D eigenvalue weighted by molar-refractivity contribution is 7.22. The lowest BCUT2D eigenvalue weighted by Crippen LogP contribution is -2.18. The number of pyridine rings is 2. The number of rotatable bonds is 9. The molecular formula is C35H34Cl2N8O4S2. The van der Waals surface area contributed by atoms with Crippen LogP contribution in [0.1, 0.15) is 53.1 Å². The van der Waals surface area contributed by atoms with E-state index in [1.807, 2.05) is 6.07 Å². The number of ether oxygens (including phenoxy) is 2. The van der Waals surface area contributed by atoms with Crippen LogP contribution in [-0.4, -0.2) is 52.4 Å². The number of nitrogens with zero attached hydrogens (tertiary/aromatic N) is 4. The third-order valence-electron chi connectivity index (χ3n) is 7.98. The van der Waals surface area contributed by atoms with Gasteiger partial charge in [-0.05, 0) is 30.9 Å². The van der Waals surface area contributed by atoms with Crippen LogP contribution in [0.4, 0.5) is 10.3 Å². The summed E-state index contributed by atoms with van der Waals surface area (Å²) >= 11 is 15.5. The Hall–Kier alpha value is -4.76. The molecule has 0 saturated heterocycles. The van der Waals surface area contributed by atoms with Crippen molar-refractivity contribution in [1.82, 2.24) is 30.6 Å². The zero-order valence-corrected chi connectivity index (χ0v) is 30.8. The van der Waals surface area contributed by atoms with Gasteiger partial charge in [0.05, 0.1) is 19.4 Å². The van der Waals surface area contributed by atoms with Crippen molar-refractivity contribution < 1.29 is 19.1 Å². The molecule has 2 amide bonds. The molecule has 7 rings (SSSR count). The van der Waals surface area contributed by atoms with E-state index in [9.17, 15) is 9.59 Å². The maximum absolute atomic E-state index is 11.8. The highest BCUT2D eigenvalue weighted by Gasteiger charge is 2.16. The lowest BCUT2D eigenvalue weighted by molar-refractivity contribution is 0.0950. The molecule has 1 saturated carbocycles. The average Bonchev–Trinajstić information content (AvgIpc) is 3.74. The molecule has 0 atom stereocenters. The molecule has 1 fully saturated rings. The van der Waals surface area contributed by atoms with E-state index in [1.165, 1.54) is 49.6 Å². The van der Waals surface area contributed by atoms with Crippen LogP contribution in [0.2, 0.25) is 10.0 Å². The van der Waals surface area contributed by atoms with Gasteiger partial charge in [-0.1, -0.05) is 65.1 Å². The number of aromatic nitrogens is 4. The Morgan fingerprint density at radius 3 is 1.84 bits per heavy atom. The van der Waals surface area contributed by atoms with Crippen LogP contribution in [-0.2, 0) is 0 Å². The zero-order chi connectivity index (χ0) is 35.9. The largest absolute Gasteiger partial charge is 0.457 e. The normalized spacial score (nSPS) is 12.9. The van der Waals surface area contributed by atoms with Gasteiger partial charge in [0.15, 0.2) is 10.3 Å². The Morgan fingerprint density at radius 1 is 0.765 bits per heavy atom. The molecule has 1 aliphatic carbocycles. The molecule has 6 aromatic rings. The van der Waals surface area contributed by atoms with Crippen molar-refractivity contribution in [2.24, 2.45) is 5.92 Å². The minimum atomic E-state index is -0.283. The summed E-state index contributed by atoms with van der Waals surface area (Å²) in [6.07, 6.45) is 9.65. The van der Waals surface area contributed by atoms with Gasteiger partial charge in [0.25, 0.3) is 11.8 Å². The molecule has 0 spiro atoms. The minimum Gasteiger partial charge on any atom is -0.457 e. The molecule has 0 unspecified atom stereocenters. The first-order chi connectivity index (χ1) is 24.7. The van der Waals surface area contributed by atoms with Crippen molar-refractivity contribution in [2.45, 2.75) is 32.1 Å². The predicted octanol–water partition coefficient (Wildman–Crippen LogP) is 8.57. The Morgan fingerprint density at radius 2 is 1.29 bits per heavy atom. The molecular weight excluding hydrogens is 731 g/mol. The quantitative estimate of drug-likeness (QED) is 0.112. The number of nitrogens with two attached hydrogens (primary N) is 1. The first-order valence-electron chi connectivity index (χ1n) is 16.1. The van der Waals surface area contributed by atoms with Crippen LogP contribution >= 0.6 is 45.9 Å². The van der Waals surface area contributed by atoms with Crippen LogP contribution in [0, 0.1) is 5.92 Å². The number of anilines is 2. The second kappa shape index (κ2) is 16.5. The van der Waals surface area contributed by atoms with Crippen molar-refractivity contribution in [2.75, 3.05) is 31.7 Å². The maximum Gasteiger partial charge on any atom is 0.269 e. The predicted molar refractivity (Wildman–Crippen MR) is 204 cm³/mol. The second-order valence-electron chi connectivity index (χ2n) is 11.6. The first kappa shape index (κ1) is 36.0. The van der Waals surface area contributed by atoms with Crippen molar-refractivity contribution >= 4 is 88.4 Å². The summed E-state index contributed by atoms with van der Waals surface area (Å²) in [4.78, 5) is 40.2. The van der Waals surface area contributed by atoms with Crippen LogP contribution in [0.25, 0.3) is 20.4 Å². The molecule has 264 valence electrons. The van der Waals surface area contributed by atoms with Crippen LogP contribution in [0.15, 0.2) is 60.9 Å². The van der Waals surface area contributed by atoms with Crippen LogP contribution < -0.4 is 31.2 Å². The van der Waals surface area contributed by atoms with Gasteiger partial charge < -0.3 is 31.2 Å². The van der Waals surface area contributed by atoms with E-state index in [1.54, 1.807) is 74.1 Å². The second-order valence-corrected chi connectivity index (χ2v) is 14.5. The third-order valence-corrected chi connectivity index (χ3v) is 10.3. The molecule has 5 N–H and O–H groups in total. The number of hydrogen-bond donors (Lipinski definition) is 4. The topological polar surface area (TPSA) is 166 Å². The Labute approximate surface area is 311 Å². The summed E-state index contributed by atoms with van der Waals surface area (Å²) < 4.78 is 13.5. The standard InChI is InChI=1S/C21H23ClN4O2S.C14H11ClN4O2S/c1-23-20(27)17-10-14(7-8-24-17)28-15-9-16(22)19-18(11-15)29-21(26-19)25-12-13-5-3-2-4-6-13;1-17-13(20)10-5-7(2-3-18-10)21-8-4-9(15)12-11(6-8)22-14(16)19-12/h7-11,13H,2-6,12H2,1H3,(H,23,27)(H,25,26);2-6H,1H3,(H2,16,19)(H,17,20). The number of benzene rings is 2. The Balaban J connectivity index is 0.000000183. The van der Waals surface area contributed by atoms with Crippen LogP contribution in [0.3, 0.4) is 0 Å². The fraction of sp³-hybridized carbons (Fsp3) is 0.257. The van der Waals surface area contributed by atoms with Gasteiger partial charge in [-0.2, -0.15) is 0 Å². The van der Waals surface area contributed by atoms with Crippen molar-refractivity contribution in [3.63, 3.8) is 0 Å². The summed E-state index contributed by atoms with van der Waals surface area (Å²) in [5.74, 6) is 2.32. The van der Waals surface area contributed by atoms with E-state index in [0.717, 1.165) is 32.5 Å². The van der Waals surface area contributed by atoms with Gasteiger partial charge in [0.1, 0.15) is 45.4 Å². The van der Waals surface area contributed by atoms with E-state index >= 15 is 0 Å². The number of carbonyl (C=O) groups is 2.